The number of hydrogen-bond donors (Lipinski definition) is 2. The van der Waals surface area contributed by atoms with Gasteiger partial charge in [0.2, 0.25) is 5.91 Å². The molecule has 19 heavy (non-hydrogen) atoms. The van der Waals surface area contributed by atoms with E-state index in [9.17, 15) is 22.2 Å². The van der Waals surface area contributed by atoms with E-state index in [-0.39, 0.29) is 15.6 Å². The van der Waals surface area contributed by atoms with Crippen LogP contribution in [0.15, 0.2) is 23.1 Å². The highest BCUT2D eigenvalue weighted by atomic mass is 35.5. The zero-order valence-electron chi connectivity index (χ0n) is 9.46. The fourth-order valence-electron chi connectivity index (χ4n) is 1.15. The number of anilines is 1. The normalized spacial score (nSPS) is 13.1. The average molecular weight is 315 g/mol. The Kier molecular flexibility index (Phi) is 5.19. The number of nitrogens with two attached hydrogens (primary N) is 1. The van der Waals surface area contributed by atoms with Crippen molar-refractivity contribution in [2.24, 2.45) is 0 Å². The lowest BCUT2D eigenvalue weighted by Gasteiger charge is -2.09. The molecule has 0 spiro atoms. The second-order valence-corrected chi connectivity index (χ2v) is 5.42. The molecule has 0 saturated carbocycles. The van der Waals surface area contributed by atoms with E-state index in [1.165, 1.54) is 18.2 Å². The van der Waals surface area contributed by atoms with E-state index >= 15 is 0 Å². The number of carbonyl (C=O) groups excluding carboxylic acids is 1. The smallest absolute Gasteiger partial charge is 0.398 e. The van der Waals surface area contributed by atoms with Gasteiger partial charge in [0.05, 0.1) is 15.7 Å². The van der Waals surface area contributed by atoms with Crippen molar-refractivity contribution in [3.05, 3.63) is 23.2 Å². The lowest BCUT2D eigenvalue weighted by Crippen LogP contribution is -2.36. The second-order valence-electron chi connectivity index (χ2n) is 3.56. The van der Waals surface area contributed by atoms with Gasteiger partial charge in [0.15, 0.2) is 0 Å². The van der Waals surface area contributed by atoms with Crippen molar-refractivity contribution in [3.8, 4) is 0 Å². The maximum Gasteiger partial charge on any atom is 0.405 e. The molecule has 106 valence electrons. The van der Waals surface area contributed by atoms with E-state index in [0.717, 1.165) is 0 Å². The number of rotatable bonds is 4. The van der Waals surface area contributed by atoms with Crippen molar-refractivity contribution in [2.75, 3.05) is 18.0 Å². The lowest BCUT2D eigenvalue weighted by molar-refractivity contribution is -0.136. The summed E-state index contributed by atoms with van der Waals surface area (Å²) < 4.78 is 47.4. The Hall–Kier alpha value is -1.28. The van der Waals surface area contributed by atoms with E-state index in [1.54, 1.807) is 5.32 Å². The van der Waals surface area contributed by atoms with E-state index in [0.29, 0.717) is 0 Å². The van der Waals surface area contributed by atoms with Crippen molar-refractivity contribution in [2.45, 2.75) is 11.1 Å². The molecule has 0 aliphatic carbocycles. The predicted molar refractivity (Wildman–Crippen MR) is 66.2 cm³/mol. The Labute approximate surface area is 114 Å². The van der Waals surface area contributed by atoms with E-state index in [4.69, 9.17) is 17.3 Å². The average Bonchev–Trinajstić information content (AvgIpc) is 2.28. The molecule has 1 aromatic carbocycles. The standard InChI is InChI=1S/C10H10ClF3N2O2S/c11-6-1-2-7(15)8(3-6)19(18)4-9(17)16-5-10(12,13)14/h1-3H,4-5,15H2,(H,16,17). The van der Waals surface area contributed by atoms with Crippen LogP contribution in [0.2, 0.25) is 5.02 Å². The van der Waals surface area contributed by atoms with Gasteiger partial charge in [-0.3, -0.25) is 9.00 Å². The van der Waals surface area contributed by atoms with Crippen LogP contribution in [-0.4, -0.2) is 28.6 Å². The van der Waals surface area contributed by atoms with Crippen LogP contribution in [0.5, 0.6) is 0 Å². The molecule has 4 nitrogen and oxygen atoms in total. The number of nitrogen functional groups attached to an aromatic ring is 1. The summed E-state index contributed by atoms with van der Waals surface area (Å²) in [4.78, 5) is 11.3. The summed E-state index contributed by atoms with van der Waals surface area (Å²) in [5.41, 5.74) is 5.70. The highest BCUT2D eigenvalue weighted by Crippen LogP contribution is 2.21. The summed E-state index contributed by atoms with van der Waals surface area (Å²) in [7, 11) is -1.85. The first-order valence-electron chi connectivity index (χ1n) is 4.96. The molecule has 1 rings (SSSR count). The second kappa shape index (κ2) is 6.25. The summed E-state index contributed by atoms with van der Waals surface area (Å²) in [6.07, 6.45) is -4.51. The third-order valence-corrected chi connectivity index (χ3v) is 3.57. The van der Waals surface area contributed by atoms with Crippen LogP contribution in [0, 0.1) is 0 Å². The number of halogens is 4. The van der Waals surface area contributed by atoms with Crippen molar-refractivity contribution in [1.29, 1.82) is 0 Å². The highest BCUT2D eigenvalue weighted by molar-refractivity contribution is 7.86. The predicted octanol–water partition coefficient (Wildman–Crippen LogP) is 1.71. The van der Waals surface area contributed by atoms with Crippen LogP contribution < -0.4 is 11.1 Å². The van der Waals surface area contributed by atoms with Crippen LogP contribution in [0.3, 0.4) is 0 Å². The monoisotopic (exact) mass is 314 g/mol. The minimum atomic E-state index is -4.51. The Morgan fingerprint density at radius 1 is 1.42 bits per heavy atom. The fourth-order valence-corrected chi connectivity index (χ4v) is 2.47. The molecule has 0 aliphatic rings. The fraction of sp³-hybridized carbons (Fsp3) is 0.300. The molecule has 3 N–H and O–H groups in total. The summed E-state index contributed by atoms with van der Waals surface area (Å²) in [5.74, 6) is -1.59. The van der Waals surface area contributed by atoms with Gasteiger partial charge in [-0.1, -0.05) is 11.6 Å². The topological polar surface area (TPSA) is 72.2 Å². The van der Waals surface area contributed by atoms with Gasteiger partial charge < -0.3 is 11.1 Å². The number of carbonyl (C=O) groups is 1. The van der Waals surface area contributed by atoms with Crippen molar-refractivity contribution in [1.82, 2.24) is 5.32 Å². The van der Waals surface area contributed by atoms with Crippen LogP contribution in [0.25, 0.3) is 0 Å². The Balaban J connectivity index is 2.64. The molecule has 0 radical (unpaired) electrons. The minimum Gasteiger partial charge on any atom is -0.398 e. The number of benzene rings is 1. The third kappa shape index (κ3) is 5.48. The van der Waals surface area contributed by atoms with Gasteiger partial charge in [-0.2, -0.15) is 13.2 Å². The SMILES string of the molecule is Nc1ccc(Cl)cc1S(=O)CC(=O)NCC(F)(F)F. The molecule has 9 heteroatoms. The number of amides is 1. The summed E-state index contributed by atoms with van der Waals surface area (Å²) in [6.45, 7) is -1.46. The van der Waals surface area contributed by atoms with Gasteiger partial charge in [-0.15, -0.1) is 0 Å². The summed E-state index contributed by atoms with van der Waals surface area (Å²) in [6, 6.07) is 4.19. The zero-order valence-corrected chi connectivity index (χ0v) is 11.0. The molecule has 0 heterocycles. The van der Waals surface area contributed by atoms with Crippen LogP contribution in [-0.2, 0) is 15.6 Å². The first kappa shape index (κ1) is 15.8. The molecule has 0 fully saturated rings. The molecular weight excluding hydrogens is 305 g/mol. The third-order valence-electron chi connectivity index (χ3n) is 1.97. The maximum atomic E-state index is 11.9. The molecule has 0 aliphatic heterocycles. The molecule has 1 atom stereocenters. The van der Waals surface area contributed by atoms with Crippen molar-refractivity contribution in [3.63, 3.8) is 0 Å². The van der Waals surface area contributed by atoms with E-state index < -0.39 is 35.2 Å². The summed E-state index contributed by atoms with van der Waals surface area (Å²) >= 11 is 5.68. The zero-order chi connectivity index (χ0) is 14.6. The van der Waals surface area contributed by atoms with E-state index in [1.807, 2.05) is 0 Å². The number of nitrogens with one attached hydrogen (secondary N) is 1. The number of alkyl halides is 3. The van der Waals surface area contributed by atoms with Crippen molar-refractivity contribution < 1.29 is 22.2 Å². The largest absolute Gasteiger partial charge is 0.405 e. The molecular formula is C10H10ClF3N2O2S. The first-order chi connectivity index (χ1) is 8.69. The quantitative estimate of drug-likeness (QED) is 0.831. The van der Waals surface area contributed by atoms with Crippen LogP contribution in [0.4, 0.5) is 18.9 Å². The Bertz CT molecular complexity index is 508. The molecule has 1 amide bonds. The summed E-state index contributed by atoms with van der Waals surface area (Å²) in [5, 5.41) is 1.90. The number of hydrogen-bond acceptors (Lipinski definition) is 3. The molecule has 1 unspecified atom stereocenters. The molecule has 1 aromatic rings. The molecule has 0 bridgehead atoms. The first-order valence-corrected chi connectivity index (χ1v) is 6.65. The Morgan fingerprint density at radius 3 is 2.63 bits per heavy atom. The Morgan fingerprint density at radius 2 is 2.05 bits per heavy atom. The van der Waals surface area contributed by atoms with Gasteiger partial charge in [0.25, 0.3) is 0 Å². The maximum absolute atomic E-state index is 11.9. The molecule has 0 saturated heterocycles. The van der Waals surface area contributed by atoms with Gasteiger partial charge in [-0.25, -0.2) is 0 Å². The van der Waals surface area contributed by atoms with E-state index in [2.05, 4.69) is 0 Å². The van der Waals surface area contributed by atoms with Gasteiger partial charge in [-0.05, 0) is 18.2 Å². The van der Waals surface area contributed by atoms with Crippen molar-refractivity contribution >= 4 is 34.0 Å². The van der Waals surface area contributed by atoms with Gasteiger partial charge >= 0.3 is 6.18 Å². The lowest BCUT2D eigenvalue weighted by atomic mass is 10.3. The van der Waals surface area contributed by atoms with Crippen LogP contribution in [0.1, 0.15) is 0 Å². The van der Waals surface area contributed by atoms with Gasteiger partial charge in [0, 0.05) is 10.7 Å². The molecule has 0 aromatic heterocycles. The highest BCUT2D eigenvalue weighted by Gasteiger charge is 2.28. The van der Waals surface area contributed by atoms with Gasteiger partial charge in [0.1, 0.15) is 12.3 Å². The minimum absolute atomic E-state index is 0.120. The van der Waals surface area contributed by atoms with Crippen LogP contribution >= 0.6 is 11.6 Å².